The van der Waals surface area contributed by atoms with Gasteiger partial charge >= 0.3 is 11.9 Å². The molecule has 0 saturated carbocycles. The Balaban J connectivity index is 1.71. The van der Waals surface area contributed by atoms with E-state index in [9.17, 15) is 19.8 Å². The molecule has 5 rings (SSSR count). The molecule has 5 aromatic carbocycles. The number of carbonyl (C=O) groups is 2. The normalized spacial score (nSPS) is 11.7. The molecule has 0 saturated heterocycles. The van der Waals surface area contributed by atoms with Crippen LogP contribution in [0.4, 0.5) is 5.69 Å². The summed E-state index contributed by atoms with van der Waals surface area (Å²) in [5.41, 5.74) is 0.877. The van der Waals surface area contributed by atoms with Crippen LogP contribution >= 0.6 is 0 Å². The van der Waals surface area contributed by atoms with Crippen molar-refractivity contribution >= 4 is 56.2 Å². The Morgan fingerprint density at radius 2 is 1.40 bits per heavy atom. The van der Waals surface area contributed by atoms with Crippen LogP contribution in [0.15, 0.2) is 77.8 Å². The predicted molar refractivity (Wildman–Crippen MR) is 118 cm³/mol. The Morgan fingerprint density at radius 3 is 2.10 bits per heavy atom. The molecule has 5 nitrogen and oxygen atoms in total. The molecule has 0 heterocycles. The molecule has 5 heteroatoms. The highest BCUT2D eigenvalue weighted by atomic mass is 16.4. The van der Waals surface area contributed by atoms with Gasteiger partial charge in [-0.2, -0.15) is 0 Å². The highest BCUT2D eigenvalue weighted by molar-refractivity contribution is 6.25. The van der Waals surface area contributed by atoms with Gasteiger partial charge in [-0.15, -0.1) is 0 Å². The van der Waals surface area contributed by atoms with Crippen LogP contribution in [0.5, 0.6) is 0 Å². The molecule has 0 aliphatic rings. The van der Waals surface area contributed by atoms with Crippen LogP contribution in [0, 0.1) is 0 Å². The molecule has 5 aromatic rings. The van der Waals surface area contributed by atoms with E-state index in [-0.39, 0.29) is 16.8 Å². The average Bonchev–Trinajstić information content (AvgIpc) is 2.76. The van der Waals surface area contributed by atoms with Gasteiger partial charge in [-0.25, -0.2) is 9.59 Å². The minimum Gasteiger partial charge on any atom is -0.478 e. The minimum absolute atomic E-state index is 0.0115. The third kappa shape index (κ3) is 2.76. The molecule has 0 aromatic heterocycles. The number of carboxylic acid groups (broad SMARTS) is 2. The number of carboxylic acids is 2. The van der Waals surface area contributed by atoms with Crippen molar-refractivity contribution in [3.8, 4) is 0 Å². The minimum atomic E-state index is -1.16. The van der Waals surface area contributed by atoms with E-state index in [4.69, 9.17) is 0 Å². The van der Waals surface area contributed by atoms with Gasteiger partial charge in [-0.1, -0.05) is 54.6 Å². The van der Waals surface area contributed by atoms with Crippen LogP contribution in [-0.2, 0) is 0 Å². The molecule has 0 fully saturated rings. The summed E-state index contributed by atoms with van der Waals surface area (Å²) in [7, 11) is 0. The molecule has 0 spiro atoms. The lowest BCUT2D eigenvalue weighted by Crippen LogP contribution is -2.01. The Morgan fingerprint density at radius 1 is 0.733 bits per heavy atom. The summed E-state index contributed by atoms with van der Waals surface area (Å²) in [5, 5.41) is 25.4. The molecular formula is C25H15NO4. The number of benzene rings is 5. The van der Waals surface area contributed by atoms with Crippen molar-refractivity contribution < 1.29 is 19.8 Å². The molecule has 0 unspecified atom stereocenters. The summed E-state index contributed by atoms with van der Waals surface area (Å²) in [5.74, 6) is -2.29. The van der Waals surface area contributed by atoms with Gasteiger partial charge in [0, 0.05) is 11.8 Å². The number of nitrogens with zero attached hydrogens (tertiary/aromatic N) is 1. The third-order valence-corrected chi connectivity index (χ3v) is 5.38. The van der Waals surface area contributed by atoms with Gasteiger partial charge in [0.1, 0.15) is 0 Å². The molecule has 2 N–H and O–H groups in total. The zero-order valence-corrected chi connectivity index (χ0v) is 15.7. The fourth-order valence-electron chi connectivity index (χ4n) is 3.96. The molecular weight excluding hydrogens is 378 g/mol. The Labute approximate surface area is 170 Å². The van der Waals surface area contributed by atoms with Crippen molar-refractivity contribution in [2.75, 3.05) is 0 Å². The molecule has 0 bridgehead atoms. The van der Waals surface area contributed by atoms with Crippen LogP contribution in [0.3, 0.4) is 0 Å². The predicted octanol–water partition coefficient (Wildman–Crippen LogP) is 5.73. The lowest BCUT2D eigenvalue weighted by atomic mass is 9.92. The number of hydrogen-bond acceptors (Lipinski definition) is 3. The van der Waals surface area contributed by atoms with Crippen LogP contribution in [-0.4, -0.2) is 28.4 Å². The van der Waals surface area contributed by atoms with Crippen molar-refractivity contribution in [2.24, 2.45) is 4.99 Å². The highest BCUT2D eigenvalue weighted by Gasteiger charge is 2.14. The topological polar surface area (TPSA) is 87.0 Å². The maximum Gasteiger partial charge on any atom is 0.337 e. The lowest BCUT2D eigenvalue weighted by molar-refractivity contribution is 0.0682. The summed E-state index contributed by atoms with van der Waals surface area (Å²) in [6.07, 6.45) is 1.60. The second-order valence-corrected chi connectivity index (χ2v) is 7.11. The first-order valence-corrected chi connectivity index (χ1v) is 9.34. The van der Waals surface area contributed by atoms with Crippen LogP contribution in [0.1, 0.15) is 26.3 Å². The monoisotopic (exact) mass is 393 g/mol. The van der Waals surface area contributed by atoms with Crippen molar-refractivity contribution in [3.63, 3.8) is 0 Å². The smallest absolute Gasteiger partial charge is 0.337 e. The summed E-state index contributed by atoms with van der Waals surface area (Å²) in [6, 6.07) is 22.3. The van der Waals surface area contributed by atoms with E-state index in [2.05, 4.69) is 35.3 Å². The average molecular weight is 393 g/mol. The third-order valence-electron chi connectivity index (χ3n) is 5.38. The zero-order valence-electron chi connectivity index (χ0n) is 15.7. The van der Waals surface area contributed by atoms with Gasteiger partial charge in [0.25, 0.3) is 0 Å². The van der Waals surface area contributed by atoms with E-state index >= 15 is 0 Å². The maximum atomic E-state index is 11.5. The SMILES string of the molecule is O=C(O)c1ccc(C(=O)O)c(N=Cc2ccc3ccc4cccc5ccc2c3c45)c1. The summed E-state index contributed by atoms with van der Waals surface area (Å²) < 4.78 is 0. The molecule has 0 radical (unpaired) electrons. The van der Waals surface area contributed by atoms with Crippen LogP contribution < -0.4 is 0 Å². The number of aliphatic imine (C=N–C) groups is 1. The van der Waals surface area contributed by atoms with Crippen molar-refractivity contribution in [1.29, 1.82) is 0 Å². The molecule has 0 aliphatic carbocycles. The standard InChI is InChI=1S/C25H15NO4/c27-24(28)17-9-11-20(25(29)30)21(12-17)26-13-18-7-6-16-5-4-14-2-1-3-15-8-10-19(18)23(16)22(14)15/h1-13H,(H,27,28)(H,29,30). The van der Waals surface area contributed by atoms with E-state index in [1.807, 2.05) is 24.3 Å². The highest BCUT2D eigenvalue weighted by Crippen LogP contribution is 2.35. The fourth-order valence-corrected chi connectivity index (χ4v) is 3.96. The molecule has 0 atom stereocenters. The number of hydrogen-bond donors (Lipinski definition) is 2. The second kappa shape index (κ2) is 6.67. The Hall–Kier alpha value is -4.25. The first-order valence-electron chi connectivity index (χ1n) is 9.34. The second-order valence-electron chi connectivity index (χ2n) is 7.11. The quantitative estimate of drug-likeness (QED) is 0.301. The zero-order chi connectivity index (χ0) is 20.8. The Bertz CT molecular complexity index is 1480. The summed E-state index contributed by atoms with van der Waals surface area (Å²) >= 11 is 0. The van der Waals surface area contributed by atoms with Crippen molar-refractivity contribution in [2.45, 2.75) is 0 Å². The van der Waals surface area contributed by atoms with Gasteiger partial charge in [0.05, 0.1) is 16.8 Å². The van der Waals surface area contributed by atoms with Crippen molar-refractivity contribution in [1.82, 2.24) is 0 Å². The maximum absolute atomic E-state index is 11.5. The largest absolute Gasteiger partial charge is 0.478 e. The van der Waals surface area contributed by atoms with E-state index in [0.29, 0.717) is 0 Å². The van der Waals surface area contributed by atoms with Gasteiger partial charge in [-0.3, -0.25) is 4.99 Å². The van der Waals surface area contributed by atoms with Crippen LogP contribution in [0.2, 0.25) is 0 Å². The summed E-state index contributed by atoms with van der Waals surface area (Å²) in [4.78, 5) is 27.2. The number of rotatable bonds is 4. The molecule has 30 heavy (non-hydrogen) atoms. The van der Waals surface area contributed by atoms with E-state index < -0.39 is 11.9 Å². The van der Waals surface area contributed by atoms with Gasteiger partial charge in [-0.05, 0) is 50.5 Å². The van der Waals surface area contributed by atoms with Crippen molar-refractivity contribution in [3.05, 3.63) is 89.5 Å². The fraction of sp³-hybridized carbons (Fsp3) is 0. The van der Waals surface area contributed by atoms with E-state index in [1.165, 1.54) is 23.6 Å². The summed E-state index contributed by atoms with van der Waals surface area (Å²) in [6.45, 7) is 0. The first-order chi connectivity index (χ1) is 14.5. The molecule has 0 amide bonds. The molecule has 144 valence electrons. The Kier molecular flexibility index (Phi) is 3.96. The first kappa shape index (κ1) is 17.8. The number of aromatic carboxylic acids is 2. The van der Waals surface area contributed by atoms with Gasteiger partial charge < -0.3 is 10.2 Å². The lowest BCUT2D eigenvalue weighted by Gasteiger charge is -2.12. The van der Waals surface area contributed by atoms with Gasteiger partial charge in [0.15, 0.2) is 0 Å². The molecule has 0 aliphatic heterocycles. The van der Waals surface area contributed by atoms with Crippen LogP contribution in [0.25, 0.3) is 32.3 Å². The van der Waals surface area contributed by atoms with E-state index in [0.717, 1.165) is 32.5 Å². The van der Waals surface area contributed by atoms with E-state index in [1.54, 1.807) is 6.21 Å². The van der Waals surface area contributed by atoms with Gasteiger partial charge in [0.2, 0.25) is 0 Å².